The molecule has 3 N–H and O–H groups in total. The standard InChI is InChI=1S/C18H10F12O3/c19-15(20,21)13(16(22,23)24,8-1-4-10(31)5-2-8)9-3-6-12(32)11(7-9)14(33,17(25,26)27)18(28,29)30/h1-7,31-33H. The molecular weight excluding hydrogens is 492 g/mol. The van der Waals surface area contributed by atoms with E-state index in [-0.39, 0.29) is 24.3 Å². The second kappa shape index (κ2) is 7.60. The maximum absolute atomic E-state index is 14.0. The third-order valence-electron chi connectivity index (χ3n) is 4.79. The van der Waals surface area contributed by atoms with E-state index in [9.17, 15) is 68.0 Å². The first-order valence-corrected chi connectivity index (χ1v) is 8.25. The Kier molecular flexibility index (Phi) is 6.08. The lowest BCUT2D eigenvalue weighted by Crippen LogP contribution is -2.56. The van der Waals surface area contributed by atoms with E-state index in [4.69, 9.17) is 0 Å². The highest BCUT2D eigenvalue weighted by Crippen LogP contribution is 2.58. The molecular formula is C18H10F12O3. The minimum atomic E-state index is -6.71. The SMILES string of the molecule is Oc1ccc(C(c2ccc(O)c(C(O)(C(F)(F)F)C(F)(F)F)c2)(C(F)(F)F)C(F)(F)F)cc1. The highest BCUT2D eigenvalue weighted by Gasteiger charge is 2.75. The molecule has 0 aliphatic carbocycles. The minimum absolute atomic E-state index is 0.114. The Bertz CT molecular complexity index is 973. The average molecular weight is 502 g/mol. The summed E-state index contributed by atoms with van der Waals surface area (Å²) in [5.41, 5.74) is -17.9. The van der Waals surface area contributed by atoms with E-state index in [0.717, 1.165) is 0 Å². The molecule has 0 heterocycles. The number of phenols is 2. The van der Waals surface area contributed by atoms with Crippen molar-refractivity contribution in [1.82, 2.24) is 0 Å². The van der Waals surface area contributed by atoms with Gasteiger partial charge in [-0.3, -0.25) is 0 Å². The number of hydrogen-bond donors (Lipinski definition) is 3. The molecule has 0 aromatic heterocycles. The molecule has 0 atom stereocenters. The summed E-state index contributed by atoms with van der Waals surface area (Å²) in [5.74, 6) is -2.87. The number of aromatic hydroxyl groups is 2. The molecule has 0 aliphatic heterocycles. The number of hydrogen-bond acceptors (Lipinski definition) is 3. The molecule has 184 valence electrons. The summed E-state index contributed by atoms with van der Waals surface area (Å²) < 4.78 is 163. The van der Waals surface area contributed by atoms with Crippen LogP contribution in [0.15, 0.2) is 42.5 Å². The zero-order valence-corrected chi connectivity index (χ0v) is 15.4. The number of aliphatic hydroxyl groups is 1. The van der Waals surface area contributed by atoms with Gasteiger partial charge in [0.1, 0.15) is 11.5 Å². The summed E-state index contributed by atoms with van der Waals surface area (Å²) in [5, 5.41) is 28.1. The van der Waals surface area contributed by atoms with Crippen LogP contribution in [0.2, 0.25) is 0 Å². The summed E-state index contributed by atoms with van der Waals surface area (Å²) in [6.07, 6.45) is -26.2. The fourth-order valence-electron chi connectivity index (χ4n) is 3.22. The first-order valence-electron chi connectivity index (χ1n) is 8.25. The van der Waals surface area contributed by atoms with E-state index < -0.39 is 70.0 Å². The molecule has 0 saturated heterocycles. The third kappa shape index (κ3) is 3.91. The summed E-state index contributed by atoms with van der Waals surface area (Å²) in [4.78, 5) is 0. The Morgan fingerprint density at radius 1 is 0.515 bits per heavy atom. The van der Waals surface area contributed by atoms with Crippen molar-refractivity contribution in [1.29, 1.82) is 0 Å². The minimum Gasteiger partial charge on any atom is -0.508 e. The predicted octanol–water partition coefficient (Wildman–Crippen LogP) is 5.82. The Morgan fingerprint density at radius 3 is 1.27 bits per heavy atom. The summed E-state index contributed by atoms with van der Waals surface area (Å²) in [6, 6.07) is -0.315. The molecule has 0 aliphatic rings. The van der Waals surface area contributed by atoms with Gasteiger partial charge in [-0.1, -0.05) is 18.2 Å². The number of phenolic OH excluding ortho intramolecular Hbond substituents is 2. The summed E-state index contributed by atoms with van der Waals surface area (Å²) >= 11 is 0. The third-order valence-corrected chi connectivity index (χ3v) is 4.79. The second-order valence-electron chi connectivity index (χ2n) is 6.73. The van der Waals surface area contributed by atoms with Crippen molar-refractivity contribution in [2.24, 2.45) is 0 Å². The molecule has 0 spiro atoms. The van der Waals surface area contributed by atoms with Crippen LogP contribution in [0.4, 0.5) is 52.7 Å². The van der Waals surface area contributed by atoms with Crippen molar-refractivity contribution in [3.05, 3.63) is 59.2 Å². The summed E-state index contributed by atoms with van der Waals surface area (Å²) in [6.45, 7) is 0. The van der Waals surface area contributed by atoms with Crippen LogP contribution in [0.5, 0.6) is 11.5 Å². The number of halogens is 12. The van der Waals surface area contributed by atoms with Crippen LogP contribution in [0.3, 0.4) is 0 Å². The maximum Gasteiger partial charge on any atom is 0.430 e. The van der Waals surface area contributed by atoms with Gasteiger partial charge in [0.05, 0.1) is 0 Å². The monoisotopic (exact) mass is 502 g/mol. The van der Waals surface area contributed by atoms with Gasteiger partial charge in [-0.05, 0) is 35.4 Å². The molecule has 0 saturated carbocycles. The van der Waals surface area contributed by atoms with Crippen LogP contribution in [-0.4, -0.2) is 40.0 Å². The van der Waals surface area contributed by atoms with Crippen LogP contribution >= 0.6 is 0 Å². The molecule has 0 radical (unpaired) electrons. The van der Waals surface area contributed by atoms with Crippen LogP contribution in [0.1, 0.15) is 16.7 Å². The Hall–Kier alpha value is -2.84. The first-order chi connectivity index (χ1) is 14.6. The van der Waals surface area contributed by atoms with Crippen molar-refractivity contribution in [2.75, 3.05) is 0 Å². The van der Waals surface area contributed by atoms with Crippen LogP contribution in [0.25, 0.3) is 0 Å². The first kappa shape index (κ1) is 26.4. The molecule has 0 bridgehead atoms. The van der Waals surface area contributed by atoms with Gasteiger partial charge < -0.3 is 15.3 Å². The average Bonchev–Trinajstić information content (AvgIpc) is 2.60. The fourth-order valence-corrected chi connectivity index (χ4v) is 3.22. The second-order valence-corrected chi connectivity index (χ2v) is 6.73. The molecule has 2 aromatic carbocycles. The zero-order chi connectivity index (χ0) is 25.8. The van der Waals surface area contributed by atoms with Crippen molar-refractivity contribution >= 4 is 0 Å². The van der Waals surface area contributed by atoms with Crippen molar-refractivity contribution in [2.45, 2.75) is 35.7 Å². The predicted molar refractivity (Wildman–Crippen MR) is 85.1 cm³/mol. The van der Waals surface area contributed by atoms with Gasteiger partial charge >= 0.3 is 24.7 Å². The van der Waals surface area contributed by atoms with Crippen LogP contribution < -0.4 is 0 Å². The number of benzene rings is 2. The van der Waals surface area contributed by atoms with E-state index >= 15 is 0 Å². The lowest BCUT2D eigenvalue weighted by atomic mass is 9.71. The van der Waals surface area contributed by atoms with Crippen molar-refractivity contribution < 1.29 is 68.0 Å². The highest BCUT2D eigenvalue weighted by molar-refractivity contribution is 5.51. The molecule has 2 rings (SSSR count). The van der Waals surface area contributed by atoms with E-state index in [1.807, 2.05) is 0 Å². The number of rotatable bonds is 3. The number of alkyl halides is 12. The fraction of sp³-hybridized carbons (Fsp3) is 0.333. The Balaban J connectivity index is 3.07. The van der Waals surface area contributed by atoms with Gasteiger partial charge in [-0.25, -0.2) is 0 Å². The van der Waals surface area contributed by atoms with Gasteiger partial charge in [0, 0.05) is 5.56 Å². The maximum atomic E-state index is 14.0. The highest BCUT2D eigenvalue weighted by atomic mass is 19.4. The quantitative estimate of drug-likeness (QED) is 0.464. The lowest BCUT2D eigenvalue weighted by Gasteiger charge is -2.39. The summed E-state index contributed by atoms with van der Waals surface area (Å²) in [7, 11) is 0. The van der Waals surface area contributed by atoms with E-state index in [1.54, 1.807) is 0 Å². The molecule has 3 nitrogen and oxygen atoms in total. The lowest BCUT2D eigenvalue weighted by molar-refractivity contribution is -0.376. The molecule has 0 unspecified atom stereocenters. The zero-order valence-electron chi connectivity index (χ0n) is 15.4. The van der Waals surface area contributed by atoms with Crippen LogP contribution in [0, 0.1) is 0 Å². The van der Waals surface area contributed by atoms with Gasteiger partial charge in [0.25, 0.3) is 5.60 Å². The largest absolute Gasteiger partial charge is 0.508 e. The van der Waals surface area contributed by atoms with Crippen LogP contribution in [-0.2, 0) is 11.0 Å². The van der Waals surface area contributed by atoms with Crippen molar-refractivity contribution in [3.8, 4) is 11.5 Å². The Labute approximate surface area is 175 Å². The van der Waals surface area contributed by atoms with Gasteiger partial charge in [0.15, 0.2) is 0 Å². The topological polar surface area (TPSA) is 60.7 Å². The van der Waals surface area contributed by atoms with E-state index in [2.05, 4.69) is 0 Å². The smallest absolute Gasteiger partial charge is 0.430 e. The molecule has 2 aromatic rings. The molecule has 15 heteroatoms. The molecule has 0 fully saturated rings. The van der Waals surface area contributed by atoms with Gasteiger partial charge in [-0.15, -0.1) is 0 Å². The van der Waals surface area contributed by atoms with Gasteiger partial charge in [0.2, 0.25) is 5.41 Å². The normalized spacial score (nSPS) is 14.5. The van der Waals surface area contributed by atoms with E-state index in [1.165, 1.54) is 0 Å². The van der Waals surface area contributed by atoms with Gasteiger partial charge in [-0.2, -0.15) is 52.7 Å². The Morgan fingerprint density at radius 2 is 0.909 bits per heavy atom. The van der Waals surface area contributed by atoms with E-state index in [0.29, 0.717) is 12.1 Å². The van der Waals surface area contributed by atoms with Crippen molar-refractivity contribution in [3.63, 3.8) is 0 Å². The molecule has 33 heavy (non-hydrogen) atoms. The molecule has 0 amide bonds.